The van der Waals surface area contributed by atoms with Crippen LogP contribution in [0.25, 0.3) is 0 Å². The largest absolute Gasteiger partial charge is 0.335 e. The molecule has 0 fully saturated rings. The third-order valence-corrected chi connectivity index (χ3v) is 1.65. The Labute approximate surface area is 70.5 Å². The van der Waals surface area contributed by atoms with Crippen molar-refractivity contribution in [3.05, 3.63) is 35.9 Å². The molecule has 0 saturated carbocycles. The highest BCUT2D eigenvalue weighted by atomic mass is 15.5. The van der Waals surface area contributed by atoms with Crippen LogP contribution in [0.5, 0.6) is 0 Å². The van der Waals surface area contributed by atoms with Crippen LogP contribution in [0.4, 0.5) is 0 Å². The molecule has 0 aliphatic carbocycles. The van der Waals surface area contributed by atoms with Gasteiger partial charge in [-0.15, -0.1) is 0 Å². The second-order valence-corrected chi connectivity index (χ2v) is 2.58. The Morgan fingerprint density at radius 2 is 2.00 bits per heavy atom. The van der Waals surface area contributed by atoms with Crippen LogP contribution in [0, 0.1) is 0 Å². The van der Waals surface area contributed by atoms with Gasteiger partial charge in [0, 0.05) is 5.56 Å². The molecule has 0 radical (unpaired) electrons. The summed E-state index contributed by atoms with van der Waals surface area (Å²) in [6, 6.07) is 9.84. The molecule has 0 spiro atoms. The van der Waals surface area contributed by atoms with E-state index in [4.69, 9.17) is 5.73 Å². The van der Waals surface area contributed by atoms with E-state index in [2.05, 4.69) is 15.8 Å². The minimum absolute atomic E-state index is 0.264. The molecule has 4 N–H and O–H groups in total. The van der Waals surface area contributed by atoms with E-state index in [0.29, 0.717) is 0 Å². The maximum absolute atomic E-state index is 5.53. The number of hydrogen-bond donors (Lipinski definition) is 3. The minimum Gasteiger partial charge on any atom is -0.335 e. The third-order valence-electron chi connectivity index (χ3n) is 1.65. The average molecular weight is 162 g/mol. The monoisotopic (exact) mass is 162 g/mol. The summed E-state index contributed by atoms with van der Waals surface area (Å²) in [4.78, 5) is 0. The highest BCUT2D eigenvalue weighted by Gasteiger charge is 2.12. The van der Waals surface area contributed by atoms with Crippen LogP contribution in [0.2, 0.25) is 0 Å². The van der Waals surface area contributed by atoms with Crippen molar-refractivity contribution in [2.45, 2.75) is 6.29 Å². The zero-order valence-electron chi connectivity index (χ0n) is 6.49. The predicted molar refractivity (Wildman–Crippen MR) is 47.2 cm³/mol. The van der Waals surface area contributed by atoms with Gasteiger partial charge in [0.05, 0.1) is 0 Å². The van der Waals surface area contributed by atoms with Crippen LogP contribution >= 0.6 is 0 Å². The molecule has 0 aromatic heterocycles. The standard InChI is InChI=1S/C8H10N4/c9-8-10-7(11-12-8)6-4-2-1-3-5-6/h1-5,8,12H,9H2,(H,10,11). The molecule has 1 heterocycles. The van der Waals surface area contributed by atoms with Crippen LogP contribution in [-0.2, 0) is 0 Å². The maximum Gasteiger partial charge on any atom is 0.166 e. The Morgan fingerprint density at radius 3 is 2.58 bits per heavy atom. The smallest absolute Gasteiger partial charge is 0.166 e. The fraction of sp³-hybridized carbons (Fsp3) is 0.125. The fourth-order valence-corrected chi connectivity index (χ4v) is 1.09. The Morgan fingerprint density at radius 1 is 1.25 bits per heavy atom. The lowest BCUT2D eigenvalue weighted by Gasteiger charge is -2.03. The van der Waals surface area contributed by atoms with E-state index in [1.54, 1.807) is 0 Å². The predicted octanol–water partition coefficient (Wildman–Crippen LogP) is -0.217. The second kappa shape index (κ2) is 2.83. The van der Waals surface area contributed by atoms with Crippen molar-refractivity contribution in [3.63, 3.8) is 0 Å². The molecule has 0 amide bonds. The van der Waals surface area contributed by atoms with Gasteiger partial charge >= 0.3 is 0 Å². The van der Waals surface area contributed by atoms with E-state index in [1.165, 1.54) is 0 Å². The molecule has 12 heavy (non-hydrogen) atoms. The zero-order valence-corrected chi connectivity index (χ0v) is 6.49. The Hall–Kier alpha value is -1.55. The normalized spacial score (nSPS) is 21.1. The number of hydrogen-bond acceptors (Lipinski definition) is 4. The van der Waals surface area contributed by atoms with E-state index in [1.807, 2.05) is 30.3 Å². The SMILES string of the molecule is NC1NN=C(c2ccccc2)N1. The van der Waals surface area contributed by atoms with Gasteiger partial charge in [-0.1, -0.05) is 30.3 Å². The molecule has 1 atom stereocenters. The zero-order chi connectivity index (χ0) is 8.39. The molecule has 2 rings (SSSR count). The molecular weight excluding hydrogens is 152 g/mol. The molecule has 1 aliphatic rings. The van der Waals surface area contributed by atoms with Crippen molar-refractivity contribution >= 4 is 5.84 Å². The number of amidine groups is 1. The van der Waals surface area contributed by atoms with Crippen molar-refractivity contribution < 1.29 is 0 Å². The third kappa shape index (κ3) is 1.24. The van der Waals surface area contributed by atoms with Gasteiger partial charge < -0.3 is 5.32 Å². The lowest BCUT2D eigenvalue weighted by atomic mass is 10.2. The quantitative estimate of drug-likeness (QED) is 0.535. The van der Waals surface area contributed by atoms with Gasteiger partial charge in [0.2, 0.25) is 0 Å². The first-order chi connectivity index (χ1) is 5.86. The van der Waals surface area contributed by atoms with Crippen LogP contribution in [0.3, 0.4) is 0 Å². The summed E-state index contributed by atoms with van der Waals surface area (Å²) in [5.41, 5.74) is 9.29. The Bertz CT molecular complexity index is 293. The van der Waals surface area contributed by atoms with Crippen LogP contribution in [-0.4, -0.2) is 12.1 Å². The summed E-state index contributed by atoms with van der Waals surface area (Å²) in [5.74, 6) is 0.795. The first-order valence-electron chi connectivity index (χ1n) is 3.77. The summed E-state index contributed by atoms with van der Waals surface area (Å²) in [6.07, 6.45) is -0.264. The highest BCUT2D eigenvalue weighted by Crippen LogP contribution is 2.00. The van der Waals surface area contributed by atoms with Crippen molar-refractivity contribution in [2.24, 2.45) is 10.8 Å². The number of nitrogens with zero attached hydrogens (tertiary/aromatic N) is 1. The molecular formula is C8H10N4. The molecule has 0 bridgehead atoms. The van der Waals surface area contributed by atoms with Gasteiger partial charge in [-0.25, -0.2) is 0 Å². The number of nitrogens with one attached hydrogen (secondary N) is 2. The summed E-state index contributed by atoms with van der Waals surface area (Å²) < 4.78 is 0. The lowest BCUT2D eigenvalue weighted by molar-refractivity contribution is 0.565. The summed E-state index contributed by atoms with van der Waals surface area (Å²) in [7, 11) is 0. The maximum atomic E-state index is 5.53. The molecule has 1 aliphatic heterocycles. The topological polar surface area (TPSA) is 62.4 Å². The van der Waals surface area contributed by atoms with Crippen molar-refractivity contribution in [2.75, 3.05) is 0 Å². The molecule has 1 unspecified atom stereocenters. The first kappa shape index (κ1) is 7.12. The molecule has 1 aromatic rings. The van der Waals surface area contributed by atoms with Gasteiger partial charge in [0.1, 0.15) is 0 Å². The first-order valence-corrected chi connectivity index (χ1v) is 3.77. The summed E-state index contributed by atoms with van der Waals surface area (Å²) >= 11 is 0. The average Bonchev–Trinajstić information content (AvgIpc) is 2.54. The van der Waals surface area contributed by atoms with E-state index < -0.39 is 0 Å². The molecule has 1 aromatic carbocycles. The van der Waals surface area contributed by atoms with E-state index in [0.717, 1.165) is 11.4 Å². The molecule has 62 valence electrons. The summed E-state index contributed by atoms with van der Waals surface area (Å²) in [5, 5.41) is 7.00. The highest BCUT2D eigenvalue weighted by molar-refractivity contribution is 5.99. The van der Waals surface area contributed by atoms with Crippen molar-refractivity contribution in [1.29, 1.82) is 0 Å². The van der Waals surface area contributed by atoms with Gasteiger partial charge in [0.15, 0.2) is 12.1 Å². The van der Waals surface area contributed by atoms with Gasteiger partial charge in [-0.2, -0.15) is 5.10 Å². The lowest BCUT2D eigenvalue weighted by Crippen LogP contribution is -2.42. The number of rotatable bonds is 1. The fourth-order valence-electron chi connectivity index (χ4n) is 1.09. The molecule has 4 heteroatoms. The van der Waals surface area contributed by atoms with Crippen molar-refractivity contribution in [3.8, 4) is 0 Å². The van der Waals surface area contributed by atoms with Gasteiger partial charge in [0.25, 0.3) is 0 Å². The van der Waals surface area contributed by atoms with Crippen LogP contribution < -0.4 is 16.5 Å². The van der Waals surface area contributed by atoms with Crippen LogP contribution in [0.1, 0.15) is 5.56 Å². The number of benzene rings is 1. The van der Waals surface area contributed by atoms with E-state index >= 15 is 0 Å². The van der Waals surface area contributed by atoms with E-state index in [9.17, 15) is 0 Å². The minimum atomic E-state index is -0.264. The number of hydrazone groups is 1. The molecule has 4 nitrogen and oxygen atoms in total. The van der Waals surface area contributed by atoms with Gasteiger partial charge in [-0.3, -0.25) is 11.2 Å². The Kier molecular flexibility index (Phi) is 1.68. The van der Waals surface area contributed by atoms with Crippen LogP contribution in [0.15, 0.2) is 35.4 Å². The summed E-state index contributed by atoms with van der Waals surface area (Å²) in [6.45, 7) is 0. The molecule has 0 saturated heterocycles. The van der Waals surface area contributed by atoms with E-state index in [-0.39, 0.29) is 6.29 Å². The second-order valence-electron chi connectivity index (χ2n) is 2.58. The van der Waals surface area contributed by atoms with Gasteiger partial charge in [-0.05, 0) is 0 Å². The van der Waals surface area contributed by atoms with Crippen molar-refractivity contribution in [1.82, 2.24) is 10.7 Å². The Balaban J connectivity index is 2.22. The number of nitrogens with two attached hydrogens (primary N) is 1.